The highest BCUT2D eigenvalue weighted by Gasteiger charge is 2.55. The molecule has 0 aliphatic carbocycles. The summed E-state index contributed by atoms with van der Waals surface area (Å²) in [6.07, 6.45) is -3.46. The van der Waals surface area contributed by atoms with Crippen molar-refractivity contribution in [2.75, 3.05) is 6.61 Å². The van der Waals surface area contributed by atoms with Crippen LogP contribution in [0.1, 0.15) is 38.8 Å². The lowest BCUT2D eigenvalue weighted by atomic mass is 9.96. The van der Waals surface area contributed by atoms with Crippen molar-refractivity contribution >= 4 is 29.5 Å². The molecule has 0 bridgehead atoms. The first-order valence-electron chi connectivity index (χ1n) is 12.7. The predicted octanol–water partition coefficient (Wildman–Crippen LogP) is 3.99. The van der Waals surface area contributed by atoms with Crippen LogP contribution in [-0.4, -0.2) is 64.2 Å². The van der Waals surface area contributed by atoms with Crippen molar-refractivity contribution in [1.29, 1.82) is 0 Å². The number of ether oxygens (including phenoxy) is 3. The Bertz CT molecular complexity index is 1310. The monoisotopic (exact) mass is 547 g/mol. The van der Waals surface area contributed by atoms with Gasteiger partial charge in [0.15, 0.2) is 6.10 Å². The maximum Gasteiger partial charge on any atom is 0.303 e. The summed E-state index contributed by atoms with van der Waals surface area (Å²) >= 11 is 1.29. The second-order valence-corrected chi connectivity index (χ2v) is 10.7. The third-order valence-electron chi connectivity index (χ3n) is 6.73. The lowest BCUT2D eigenvalue weighted by Crippen LogP contribution is -2.65. The van der Waals surface area contributed by atoms with E-state index in [0.717, 1.165) is 20.9 Å². The van der Waals surface area contributed by atoms with E-state index in [2.05, 4.69) is 0 Å². The van der Waals surface area contributed by atoms with Gasteiger partial charge in [-0.2, -0.15) is 0 Å². The number of hydrogen-bond donors (Lipinski definition) is 1. The molecule has 3 aromatic rings. The number of carbonyl (C=O) groups is 3. The first kappa shape index (κ1) is 27.1. The second-order valence-electron chi connectivity index (χ2n) is 9.56. The Morgan fingerprint density at radius 3 is 2.18 bits per heavy atom. The van der Waals surface area contributed by atoms with Gasteiger partial charge in [-0.15, -0.1) is 0 Å². The van der Waals surface area contributed by atoms with Gasteiger partial charge in [0, 0.05) is 11.8 Å². The molecule has 0 saturated carbocycles. The van der Waals surface area contributed by atoms with E-state index in [1.165, 1.54) is 18.7 Å². The van der Waals surface area contributed by atoms with Gasteiger partial charge in [0.2, 0.25) is 0 Å². The quantitative estimate of drug-likeness (QED) is 0.334. The third-order valence-corrected chi connectivity index (χ3v) is 7.90. The number of benzene rings is 3. The van der Waals surface area contributed by atoms with Crippen molar-refractivity contribution < 1.29 is 33.7 Å². The summed E-state index contributed by atoms with van der Waals surface area (Å²) in [5, 5.41) is 11.4. The Balaban J connectivity index is 1.47. The maximum absolute atomic E-state index is 13.5. The Morgan fingerprint density at radius 1 is 0.949 bits per heavy atom. The van der Waals surface area contributed by atoms with Gasteiger partial charge in [-0.3, -0.25) is 19.3 Å². The van der Waals surface area contributed by atoms with Gasteiger partial charge in [0.05, 0.1) is 24.3 Å². The normalized spacial score (nSPS) is 24.5. The molecule has 39 heavy (non-hydrogen) atoms. The minimum Gasteiger partial charge on any atom is -0.457 e. The molecule has 0 radical (unpaired) electrons. The zero-order valence-electron chi connectivity index (χ0n) is 21.6. The van der Waals surface area contributed by atoms with E-state index in [1.807, 2.05) is 61.5 Å². The van der Waals surface area contributed by atoms with E-state index in [9.17, 15) is 19.5 Å². The summed E-state index contributed by atoms with van der Waals surface area (Å²) in [4.78, 5) is 41.1. The van der Waals surface area contributed by atoms with Crippen molar-refractivity contribution in [3.8, 4) is 0 Å². The van der Waals surface area contributed by atoms with E-state index in [4.69, 9.17) is 14.2 Å². The lowest BCUT2D eigenvalue weighted by Gasteiger charge is -2.46. The molecule has 9 heteroatoms. The van der Waals surface area contributed by atoms with Crippen LogP contribution in [0.25, 0.3) is 0 Å². The highest BCUT2D eigenvalue weighted by atomic mass is 32.2. The number of amides is 2. The van der Waals surface area contributed by atoms with Crippen molar-refractivity contribution in [2.45, 2.75) is 55.1 Å². The summed E-state index contributed by atoms with van der Waals surface area (Å²) < 4.78 is 17.8. The topological polar surface area (TPSA) is 102 Å². The molecule has 2 aliphatic rings. The fourth-order valence-corrected chi connectivity index (χ4v) is 6.01. The van der Waals surface area contributed by atoms with Gasteiger partial charge in [-0.05, 0) is 36.8 Å². The van der Waals surface area contributed by atoms with E-state index in [1.54, 1.807) is 24.3 Å². The first-order chi connectivity index (χ1) is 18.8. The molecule has 2 amide bonds. The van der Waals surface area contributed by atoms with Gasteiger partial charge in [-0.25, -0.2) is 0 Å². The SMILES string of the molecule is CC(=O)O[C@H]1[C@H](O)[C@@H](COCc2ccccc2)O[C@@H](Sc2ccc(C)cc2)[C@@H]1N1C(=O)c2ccccc2C1=O. The Kier molecular flexibility index (Phi) is 8.13. The van der Waals surface area contributed by atoms with Crippen LogP contribution in [0.15, 0.2) is 83.8 Å². The molecule has 0 unspecified atom stereocenters. The number of aliphatic hydroxyl groups excluding tert-OH is 1. The van der Waals surface area contributed by atoms with Crippen molar-refractivity contribution in [3.63, 3.8) is 0 Å². The number of esters is 1. The molecule has 8 nitrogen and oxygen atoms in total. The minimum atomic E-state index is -1.35. The van der Waals surface area contributed by atoms with Gasteiger partial charge in [0.1, 0.15) is 23.7 Å². The fourth-order valence-electron chi connectivity index (χ4n) is 4.83. The molecule has 1 fully saturated rings. The summed E-state index contributed by atoms with van der Waals surface area (Å²) in [5.74, 6) is -1.70. The Labute approximate surface area is 230 Å². The molecule has 3 aromatic carbocycles. The second kappa shape index (κ2) is 11.7. The molecule has 5 rings (SSSR count). The van der Waals surface area contributed by atoms with Crippen molar-refractivity contribution in [3.05, 3.63) is 101 Å². The van der Waals surface area contributed by atoms with E-state index < -0.39 is 47.6 Å². The molecule has 1 saturated heterocycles. The largest absolute Gasteiger partial charge is 0.457 e. The van der Waals surface area contributed by atoms with Crippen LogP contribution in [0.3, 0.4) is 0 Å². The average molecular weight is 548 g/mol. The molecule has 2 aliphatic heterocycles. The van der Waals surface area contributed by atoms with Crippen LogP contribution in [0, 0.1) is 6.92 Å². The minimum absolute atomic E-state index is 0.00756. The van der Waals surface area contributed by atoms with Crippen LogP contribution in [-0.2, 0) is 25.6 Å². The molecule has 202 valence electrons. The highest BCUT2D eigenvalue weighted by Crippen LogP contribution is 2.40. The number of imide groups is 1. The smallest absolute Gasteiger partial charge is 0.303 e. The Hall–Kier alpha value is -3.50. The molecule has 5 atom stereocenters. The van der Waals surface area contributed by atoms with Crippen molar-refractivity contribution in [1.82, 2.24) is 4.90 Å². The number of thioether (sulfide) groups is 1. The van der Waals surface area contributed by atoms with Crippen LogP contribution < -0.4 is 0 Å². The predicted molar refractivity (Wildman–Crippen MR) is 144 cm³/mol. The number of nitrogens with zero attached hydrogens (tertiary/aromatic N) is 1. The number of rotatable bonds is 8. The molecular formula is C30H29NO7S. The number of fused-ring (bicyclic) bond motifs is 1. The van der Waals surface area contributed by atoms with Crippen LogP contribution in [0.2, 0.25) is 0 Å². The number of aliphatic hydroxyl groups is 1. The Morgan fingerprint density at radius 2 is 1.56 bits per heavy atom. The molecule has 1 N–H and O–H groups in total. The molecule has 0 spiro atoms. The van der Waals surface area contributed by atoms with Gasteiger partial charge >= 0.3 is 5.97 Å². The molecular weight excluding hydrogens is 518 g/mol. The van der Waals surface area contributed by atoms with E-state index >= 15 is 0 Å². The zero-order valence-corrected chi connectivity index (χ0v) is 22.4. The van der Waals surface area contributed by atoms with Crippen LogP contribution in [0.4, 0.5) is 0 Å². The van der Waals surface area contributed by atoms with Crippen LogP contribution >= 0.6 is 11.8 Å². The van der Waals surface area contributed by atoms with Gasteiger partial charge < -0.3 is 19.3 Å². The maximum atomic E-state index is 13.5. The third kappa shape index (κ3) is 5.77. The van der Waals surface area contributed by atoms with Crippen LogP contribution in [0.5, 0.6) is 0 Å². The average Bonchev–Trinajstić information content (AvgIpc) is 3.18. The van der Waals surface area contributed by atoms with Crippen molar-refractivity contribution in [2.24, 2.45) is 0 Å². The first-order valence-corrected chi connectivity index (χ1v) is 13.5. The number of aryl methyl sites for hydroxylation is 1. The zero-order chi connectivity index (χ0) is 27.5. The highest BCUT2D eigenvalue weighted by molar-refractivity contribution is 7.99. The number of hydrogen-bond acceptors (Lipinski definition) is 8. The fraction of sp³-hybridized carbons (Fsp3) is 0.300. The standard InChI is InChI=1S/C30H29NO7S/c1-18-12-14-21(15-13-18)39-30-25(31-28(34)22-10-6-7-11-23(22)29(31)35)27(37-19(2)32)26(33)24(38-30)17-36-16-20-8-4-3-5-9-20/h3-15,24-27,30,33H,16-17H2,1-2H3/t24-,25-,26-,27-,30+/m1/s1. The van der Waals surface area contributed by atoms with Gasteiger partial charge in [0.25, 0.3) is 11.8 Å². The number of carbonyl (C=O) groups excluding carboxylic acids is 3. The molecule has 2 heterocycles. The van der Waals surface area contributed by atoms with Gasteiger partial charge in [-0.1, -0.05) is 71.9 Å². The summed E-state index contributed by atoms with van der Waals surface area (Å²) in [5.41, 5.74) is 1.68. The summed E-state index contributed by atoms with van der Waals surface area (Å²) in [6, 6.07) is 22.7. The lowest BCUT2D eigenvalue weighted by molar-refractivity contribution is -0.204. The van der Waals surface area contributed by atoms with E-state index in [0.29, 0.717) is 6.61 Å². The molecule has 0 aromatic heterocycles. The summed E-state index contributed by atoms with van der Waals surface area (Å²) in [7, 11) is 0. The van der Waals surface area contributed by atoms with E-state index in [-0.39, 0.29) is 17.7 Å². The summed E-state index contributed by atoms with van der Waals surface area (Å²) in [6.45, 7) is 3.50.